The molecule has 0 heterocycles. The number of hydrogen-bond donors (Lipinski definition) is 0. The van der Waals surface area contributed by atoms with Gasteiger partial charge in [0.2, 0.25) is 0 Å². The number of carbonyl (C=O) groups is 1. The van der Waals surface area contributed by atoms with E-state index in [4.69, 9.17) is 0 Å². The lowest BCUT2D eigenvalue weighted by atomic mass is 10.4. The molecular weight excluding hydrogens is 248 g/mol. The van der Waals surface area contributed by atoms with Gasteiger partial charge in [0.05, 0.1) is 0 Å². The molecule has 0 aromatic rings. The quantitative estimate of drug-likeness (QED) is 0.437. The van der Waals surface area contributed by atoms with Crippen LogP contribution in [0.25, 0.3) is 0 Å². The number of carbonyl (C=O) groups excluding carboxylic acids is 1. The SMILES string of the molecule is CC(=O)OC(F)(Br)C(F)(F)CF. The van der Waals surface area contributed by atoms with Gasteiger partial charge in [-0.3, -0.25) is 4.79 Å². The van der Waals surface area contributed by atoms with Crippen molar-refractivity contribution in [1.82, 2.24) is 0 Å². The molecule has 0 aromatic heterocycles. The Bertz CT molecular complexity index is 182. The van der Waals surface area contributed by atoms with Crippen LogP contribution in [0.1, 0.15) is 6.92 Å². The highest BCUT2D eigenvalue weighted by Gasteiger charge is 2.56. The van der Waals surface area contributed by atoms with E-state index in [0.29, 0.717) is 0 Å². The van der Waals surface area contributed by atoms with E-state index in [1.165, 1.54) is 0 Å². The number of hydrogen-bond acceptors (Lipinski definition) is 2. The van der Waals surface area contributed by atoms with Crippen molar-refractivity contribution in [2.45, 2.75) is 17.6 Å². The number of esters is 1. The van der Waals surface area contributed by atoms with Gasteiger partial charge in [0, 0.05) is 22.9 Å². The summed E-state index contributed by atoms with van der Waals surface area (Å²) in [6, 6.07) is 0. The largest absolute Gasteiger partial charge is 0.413 e. The van der Waals surface area contributed by atoms with Gasteiger partial charge in [0.25, 0.3) is 0 Å². The first-order chi connectivity index (χ1) is 5.23. The number of rotatable bonds is 3. The predicted molar refractivity (Wildman–Crippen MR) is 35.5 cm³/mol. The van der Waals surface area contributed by atoms with Crippen molar-refractivity contribution in [3.63, 3.8) is 0 Å². The van der Waals surface area contributed by atoms with E-state index in [1.807, 2.05) is 0 Å². The van der Waals surface area contributed by atoms with Crippen LogP contribution in [-0.2, 0) is 9.53 Å². The van der Waals surface area contributed by atoms with Crippen LogP contribution in [0.2, 0.25) is 0 Å². The van der Waals surface area contributed by atoms with Gasteiger partial charge < -0.3 is 4.74 Å². The fourth-order valence-corrected chi connectivity index (χ4v) is 0.667. The maximum absolute atomic E-state index is 12.6. The van der Waals surface area contributed by atoms with Gasteiger partial charge in [0.15, 0.2) is 6.67 Å². The fraction of sp³-hybridized carbons (Fsp3) is 0.800. The molecule has 0 radical (unpaired) electrons. The molecule has 0 bridgehead atoms. The van der Waals surface area contributed by atoms with Gasteiger partial charge in [-0.1, -0.05) is 0 Å². The Morgan fingerprint density at radius 2 is 1.92 bits per heavy atom. The lowest BCUT2D eigenvalue weighted by Gasteiger charge is -2.24. The minimum atomic E-state index is -4.39. The molecule has 7 heteroatoms. The van der Waals surface area contributed by atoms with Crippen molar-refractivity contribution >= 4 is 21.9 Å². The minimum absolute atomic E-state index is 0.726. The minimum Gasteiger partial charge on any atom is -0.413 e. The summed E-state index contributed by atoms with van der Waals surface area (Å²) in [5.41, 5.74) is 0. The van der Waals surface area contributed by atoms with E-state index in [2.05, 4.69) is 4.74 Å². The van der Waals surface area contributed by atoms with Crippen LogP contribution < -0.4 is 0 Å². The van der Waals surface area contributed by atoms with E-state index in [1.54, 1.807) is 15.9 Å². The third-order valence-electron chi connectivity index (χ3n) is 0.866. The monoisotopic (exact) mass is 252 g/mol. The lowest BCUT2D eigenvalue weighted by molar-refractivity contribution is -0.220. The van der Waals surface area contributed by atoms with E-state index in [-0.39, 0.29) is 0 Å². The highest BCUT2D eigenvalue weighted by molar-refractivity contribution is 9.10. The standard InChI is InChI=1S/C5H5BrF4O2/c1-3(11)12-5(6,10)4(8,9)2-7/h2H2,1H3. The molecule has 1 unspecified atom stereocenters. The van der Waals surface area contributed by atoms with Crippen molar-refractivity contribution in [3.05, 3.63) is 0 Å². The van der Waals surface area contributed by atoms with Crippen molar-refractivity contribution in [2.75, 3.05) is 6.67 Å². The molecule has 0 amide bonds. The lowest BCUT2D eigenvalue weighted by Crippen LogP contribution is -2.44. The van der Waals surface area contributed by atoms with Gasteiger partial charge in [-0.15, -0.1) is 0 Å². The summed E-state index contributed by atoms with van der Waals surface area (Å²) in [4.78, 5) is 10.1. The molecule has 0 aliphatic carbocycles. The van der Waals surface area contributed by atoms with E-state index in [0.717, 1.165) is 6.92 Å². The van der Waals surface area contributed by atoms with Crippen LogP contribution in [0.5, 0.6) is 0 Å². The fourth-order valence-electron chi connectivity index (χ4n) is 0.333. The highest BCUT2D eigenvalue weighted by atomic mass is 79.9. The molecule has 0 N–H and O–H groups in total. The topological polar surface area (TPSA) is 26.3 Å². The zero-order valence-electron chi connectivity index (χ0n) is 5.91. The molecule has 0 spiro atoms. The average Bonchev–Trinajstić information content (AvgIpc) is 1.84. The summed E-state index contributed by atoms with van der Waals surface area (Å²) in [6.45, 7) is -1.54. The Labute approximate surface area is 74.0 Å². The van der Waals surface area contributed by atoms with Crippen LogP contribution in [0.4, 0.5) is 17.6 Å². The zero-order chi connectivity index (χ0) is 9.99. The second-order valence-corrected chi connectivity index (χ2v) is 2.97. The van der Waals surface area contributed by atoms with Gasteiger partial charge in [0.1, 0.15) is 0 Å². The summed E-state index contributed by atoms with van der Waals surface area (Å²) < 4.78 is 48.3. The zero-order valence-corrected chi connectivity index (χ0v) is 7.50. The third kappa shape index (κ3) is 2.62. The Morgan fingerprint density at radius 3 is 2.17 bits per heavy atom. The van der Waals surface area contributed by atoms with Crippen molar-refractivity contribution < 1.29 is 27.1 Å². The van der Waals surface area contributed by atoms with Gasteiger partial charge in [-0.05, 0) is 0 Å². The number of alkyl halides is 5. The normalized spacial score (nSPS) is 16.8. The molecule has 0 aliphatic rings. The Morgan fingerprint density at radius 1 is 1.50 bits per heavy atom. The summed E-state index contributed by atoms with van der Waals surface area (Å²) in [5, 5.41) is 0. The third-order valence-corrected chi connectivity index (χ3v) is 1.61. The van der Waals surface area contributed by atoms with Crippen LogP contribution in [0.3, 0.4) is 0 Å². The molecule has 0 saturated heterocycles. The van der Waals surface area contributed by atoms with Gasteiger partial charge in [-0.2, -0.15) is 13.2 Å². The second-order valence-electron chi connectivity index (χ2n) is 1.95. The molecule has 12 heavy (non-hydrogen) atoms. The van der Waals surface area contributed by atoms with Crippen molar-refractivity contribution in [3.8, 4) is 0 Å². The Hall–Kier alpha value is -0.330. The maximum atomic E-state index is 12.6. The molecule has 0 fully saturated rings. The first-order valence-corrected chi connectivity index (χ1v) is 3.53. The molecule has 1 atom stereocenters. The summed E-state index contributed by atoms with van der Waals surface area (Å²) in [5.74, 6) is -5.67. The van der Waals surface area contributed by atoms with Crippen LogP contribution in [0, 0.1) is 0 Å². The molecule has 0 rings (SSSR count). The van der Waals surface area contributed by atoms with Crippen LogP contribution in [0.15, 0.2) is 0 Å². The van der Waals surface area contributed by atoms with E-state index < -0.39 is 23.3 Å². The van der Waals surface area contributed by atoms with E-state index in [9.17, 15) is 22.4 Å². The van der Waals surface area contributed by atoms with Crippen LogP contribution in [-0.4, -0.2) is 23.3 Å². The summed E-state index contributed by atoms with van der Waals surface area (Å²) in [7, 11) is 0. The summed E-state index contributed by atoms with van der Waals surface area (Å²) in [6.07, 6.45) is 0. The van der Waals surface area contributed by atoms with Gasteiger partial charge >= 0.3 is 16.7 Å². The number of halogens is 5. The molecular formula is C5H5BrF4O2. The molecule has 0 aliphatic heterocycles. The van der Waals surface area contributed by atoms with Crippen molar-refractivity contribution in [1.29, 1.82) is 0 Å². The second kappa shape index (κ2) is 3.59. The Kier molecular flexibility index (Phi) is 3.49. The maximum Gasteiger partial charge on any atom is 0.373 e. The average molecular weight is 253 g/mol. The molecule has 2 nitrogen and oxygen atoms in total. The van der Waals surface area contributed by atoms with Crippen molar-refractivity contribution in [2.24, 2.45) is 0 Å². The van der Waals surface area contributed by atoms with E-state index >= 15 is 0 Å². The summed E-state index contributed by atoms with van der Waals surface area (Å²) >= 11 is 1.76. The Balaban J connectivity index is 4.48. The van der Waals surface area contributed by atoms with Crippen LogP contribution >= 0.6 is 15.9 Å². The first kappa shape index (κ1) is 11.7. The number of ether oxygens (including phenoxy) is 1. The first-order valence-electron chi connectivity index (χ1n) is 2.74. The smallest absolute Gasteiger partial charge is 0.373 e. The molecule has 0 saturated carbocycles. The molecule has 72 valence electrons. The predicted octanol–water partition coefficient (Wildman–Crippen LogP) is 2.17. The highest BCUT2D eigenvalue weighted by Crippen LogP contribution is 2.39. The molecule has 0 aromatic carbocycles. The van der Waals surface area contributed by atoms with Gasteiger partial charge in [-0.25, -0.2) is 4.39 Å².